The van der Waals surface area contributed by atoms with Gasteiger partial charge >= 0.3 is 6.09 Å². The van der Waals surface area contributed by atoms with E-state index in [1.807, 2.05) is 39.8 Å². The van der Waals surface area contributed by atoms with E-state index < -0.39 is 11.7 Å². The quantitative estimate of drug-likeness (QED) is 0.772. The summed E-state index contributed by atoms with van der Waals surface area (Å²) >= 11 is 6.05. The molecule has 0 aliphatic carbocycles. The zero-order valence-corrected chi connectivity index (χ0v) is 13.9. The Morgan fingerprint density at radius 2 is 1.95 bits per heavy atom. The first kappa shape index (κ1) is 16.3. The largest absolute Gasteiger partial charge is 0.443 e. The van der Waals surface area contributed by atoms with Crippen LogP contribution in [0.4, 0.5) is 16.3 Å². The Bertz CT molecular complexity index is 635. The van der Waals surface area contributed by atoms with Gasteiger partial charge in [0.2, 0.25) is 0 Å². The summed E-state index contributed by atoms with van der Waals surface area (Å²) in [5, 5.41) is 0.540. The highest BCUT2D eigenvalue weighted by molar-refractivity contribution is 6.31. The van der Waals surface area contributed by atoms with Gasteiger partial charge in [0, 0.05) is 11.2 Å². The summed E-state index contributed by atoms with van der Waals surface area (Å²) in [7, 11) is 0. The van der Waals surface area contributed by atoms with Gasteiger partial charge in [0.1, 0.15) is 11.4 Å². The molecule has 4 nitrogen and oxygen atoms in total. The first-order valence-electron chi connectivity index (χ1n) is 6.97. The summed E-state index contributed by atoms with van der Waals surface area (Å²) in [5.41, 5.74) is 1.01. The van der Waals surface area contributed by atoms with Crippen LogP contribution in [0.3, 0.4) is 0 Å². The van der Waals surface area contributed by atoms with Crippen LogP contribution in [0, 0.1) is 6.92 Å². The van der Waals surface area contributed by atoms with E-state index in [1.165, 1.54) is 4.90 Å². The first-order chi connectivity index (χ1) is 10.3. The Morgan fingerprint density at radius 1 is 1.23 bits per heavy atom. The van der Waals surface area contributed by atoms with Gasteiger partial charge in [0.05, 0.1) is 5.69 Å². The maximum absolute atomic E-state index is 12.6. The minimum atomic E-state index is -0.599. The van der Waals surface area contributed by atoms with Gasteiger partial charge in [-0.15, -0.1) is 0 Å². The van der Waals surface area contributed by atoms with Gasteiger partial charge in [0.25, 0.3) is 0 Å². The molecule has 1 aromatic heterocycles. The lowest BCUT2D eigenvalue weighted by Gasteiger charge is -2.27. The Hall–Kier alpha value is -2.07. The molecule has 2 aromatic rings. The molecule has 2 rings (SSSR count). The van der Waals surface area contributed by atoms with E-state index in [9.17, 15) is 4.79 Å². The third kappa shape index (κ3) is 4.21. The summed E-state index contributed by atoms with van der Waals surface area (Å²) in [6.45, 7) is 7.41. The number of aryl methyl sites for hydroxylation is 1. The van der Waals surface area contributed by atoms with Gasteiger partial charge in [0.15, 0.2) is 0 Å². The molecular weight excluding hydrogens is 300 g/mol. The lowest BCUT2D eigenvalue weighted by atomic mass is 10.2. The maximum Gasteiger partial charge on any atom is 0.420 e. The molecule has 0 atom stereocenters. The topological polar surface area (TPSA) is 42.4 Å². The van der Waals surface area contributed by atoms with Crippen LogP contribution in [-0.4, -0.2) is 16.7 Å². The van der Waals surface area contributed by atoms with Crippen LogP contribution in [-0.2, 0) is 4.74 Å². The lowest BCUT2D eigenvalue weighted by Crippen LogP contribution is -2.34. The summed E-state index contributed by atoms with van der Waals surface area (Å²) in [6, 6.07) is 10.7. The molecular formula is C17H19ClN2O2. The molecule has 1 heterocycles. The van der Waals surface area contributed by atoms with Crippen molar-refractivity contribution < 1.29 is 9.53 Å². The molecule has 116 valence electrons. The van der Waals surface area contributed by atoms with Crippen molar-refractivity contribution in [2.75, 3.05) is 4.90 Å². The standard InChI is InChI=1S/C17H19ClN2O2/c1-12-8-9-19-15(10-12)20(16(21)22-17(2,3)4)14-7-5-6-13(18)11-14/h5-11H,1-4H3. The van der Waals surface area contributed by atoms with Gasteiger partial charge in [-0.25, -0.2) is 14.7 Å². The van der Waals surface area contributed by atoms with Gasteiger partial charge in [-0.1, -0.05) is 17.7 Å². The number of hydrogen-bond acceptors (Lipinski definition) is 3. The van der Waals surface area contributed by atoms with Crippen LogP contribution >= 0.6 is 11.6 Å². The number of halogens is 1. The number of pyridine rings is 1. The number of aromatic nitrogens is 1. The van der Waals surface area contributed by atoms with Crippen molar-refractivity contribution in [1.29, 1.82) is 0 Å². The number of benzene rings is 1. The number of carbonyl (C=O) groups is 1. The fraction of sp³-hybridized carbons (Fsp3) is 0.294. The van der Waals surface area contributed by atoms with Crippen LogP contribution in [0.1, 0.15) is 26.3 Å². The van der Waals surface area contributed by atoms with Gasteiger partial charge < -0.3 is 4.74 Å². The van der Waals surface area contributed by atoms with Gasteiger partial charge in [-0.3, -0.25) is 0 Å². The predicted molar refractivity (Wildman–Crippen MR) is 88.8 cm³/mol. The smallest absolute Gasteiger partial charge is 0.420 e. The SMILES string of the molecule is Cc1ccnc(N(C(=O)OC(C)(C)C)c2cccc(Cl)c2)c1. The molecule has 0 fully saturated rings. The Kier molecular flexibility index (Phi) is 4.71. The molecule has 0 spiro atoms. The fourth-order valence-corrected chi connectivity index (χ4v) is 2.08. The molecule has 22 heavy (non-hydrogen) atoms. The summed E-state index contributed by atoms with van der Waals surface area (Å²) in [6.07, 6.45) is 1.17. The number of anilines is 2. The zero-order valence-electron chi connectivity index (χ0n) is 13.1. The molecule has 0 bridgehead atoms. The zero-order chi connectivity index (χ0) is 16.3. The summed E-state index contributed by atoms with van der Waals surface area (Å²) < 4.78 is 5.49. The molecule has 0 saturated heterocycles. The number of nitrogens with zero attached hydrogens (tertiary/aromatic N) is 2. The number of amides is 1. The molecule has 0 saturated carbocycles. The third-order valence-corrected chi connectivity index (χ3v) is 3.01. The van der Waals surface area contributed by atoms with Gasteiger partial charge in [-0.05, 0) is 63.6 Å². The summed E-state index contributed by atoms with van der Waals surface area (Å²) in [5.74, 6) is 0.497. The average molecular weight is 319 g/mol. The van der Waals surface area contributed by atoms with Crippen LogP contribution < -0.4 is 4.90 Å². The van der Waals surface area contributed by atoms with Crippen molar-refractivity contribution in [1.82, 2.24) is 4.98 Å². The first-order valence-corrected chi connectivity index (χ1v) is 7.35. The highest BCUT2D eigenvalue weighted by Gasteiger charge is 2.26. The van der Waals surface area contributed by atoms with E-state index in [4.69, 9.17) is 16.3 Å². The highest BCUT2D eigenvalue weighted by Crippen LogP contribution is 2.28. The van der Waals surface area contributed by atoms with E-state index in [0.29, 0.717) is 16.5 Å². The molecule has 0 N–H and O–H groups in total. The number of hydrogen-bond donors (Lipinski definition) is 0. The second-order valence-electron chi connectivity index (χ2n) is 5.99. The van der Waals surface area contributed by atoms with E-state index in [-0.39, 0.29) is 0 Å². The summed E-state index contributed by atoms with van der Waals surface area (Å²) in [4.78, 5) is 18.3. The minimum Gasteiger partial charge on any atom is -0.443 e. The van der Waals surface area contributed by atoms with Crippen molar-refractivity contribution in [3.8, 4) is 0 Å². The van der Waals surface area contributed by atoms with Crippen molar-refractivity contribution in [2.45, 2.75) is 33.3 Å². The van der Waals surface area contributed by atoms with Crippen molar-refractivity contribution >= 4 is 29.2 Å². The fourth-order valence-electron chi connectivity index (χ4n) is 1.90. The average Bonchev–Trinajstić information content (AvgIpc) is 2.37. The van der Waals surface area contributed by atoms with Crippen molar-refractivity contribution in [3.05, 3.63) is 53.2 Å². The molecule has 1 amide bonds. The van der Waals surface area contributed by atoms with E-state index >= 15 is 0 Å². The molecule has 1 aromatic carbocycles. The lowest BCUT2D eigenvalue weighted by molar-refractivity contribution is 0.0598. The van der Waals surface area contributed by atoms with E-state index in [1.54, 1.807) is 30.5 Å². The van der Waals surface area contributed by atoms with Crippen LogP contribution in [0.15, 0.2) is 42.6 Å². The van der Waals surface area contributed by atoms with Crippen molar-refractivity contribution in [2.24, 2.45) is 0 Å². The van der Waals surface area contributed by atoms with E-state index in [0.717, 1.165) is 5.56 Å². The second kappa shape index (κ2) is 6.36. The number of rotatable bonds is 2. The Balaban J connectivity index is 2.47. The molecule has 5 heteroatoms. The maximum atomic E-state index is 12.6. The number of ether oxygens (including phenoxy) is 1. The molecule has 0 aliphatic rings. The normalized spacial score (nSPS) is 11.1. The van der Waals surface area contributed by atoms with Crippen molar-refractivity contribution in [3.63, 3.8) is 0 Å². The highest BCUT2D eigenvalue weighted by atomic mass is 35.5. The predicted octanol–water partition coefficient (Wildman–Crippen LogP) is 5.12. The van der Waals surface area contributed by atoms with Crippen LogP contribution in [0.5, 0.6) is 0 Å². The second-order valence-corrected chi connectivity index (χ2v) is 6.42. The van der Waals surface area contributed by atoms with Gasteiger partial charge in [-0.2, -0.15) is 0 Å². The number of carbonyl (C=O) groups excluding carboxylic acids is 1. The molecule has 0 aliphatic heterocycles. The van der Waals surface area contributed by atoms with Crippen LogP contribution in [0.25, 0.3) is 0 Å². The van der Waals surface area contributed by atoms with E-state index in [2.05, 4.69) is 4.98 Å². The Morgan fingerprint density at radius 3 is 2.55 bits per heavy atom. The molecule has 0 radical (unpaired) electrons. The monoisotopic (exact) mass is 318 g/mol. The molecule has 0 unspecified atom stereocenters. The van der Waals surface area contributed by atoms with Crippen LogP contribution in [0.2, 0.25) is 5.02 Å². The minimum absolute atomic E-state index is 0.493. The third-order valence-electron chi connectivity index (χ3n) is 2.77. The Labute approximate surface area is 135 Å².